The van der Waals surface area contributed by atoms with Crippen molar-refractivity contribution in [3.05, 3.63) is 64.7 Å². The Hall–Kier alpha value is -3.28. The van der Waals surface area contributed by atoms with E-state index in [4.69, 9.17) is 9.47 Å². The molecule has 1 aliphatic heterocycles. The van der Waals surface area contributed by atoms with Crippen molar-refractivity contribution in [3.8, 4) is 11.5 Å². The van der Waals surface area contributed by atoms with E-state index in [1.807, 2.05) is 39.8 Å². The molecule has 2 aromatic rings. The van der Waals surface area contributed by atoms with Crippen molar-refractivity contribution in [2.24, 2.45) is 0 Å². The molecule has 0 radical (unpaired) electrons. The second-order valence-corrected chi connectivity index (χ2v) is 7.91. The lowest BCUT2D eigenvalue weighted by molar-refractivity contribution is -0.139. The van der Waals surface area contributed by atoms with Crippen LogP contribution in [0.1, 0.15) is 49.9 Å². The van der Waals surface area contributed by atoms with Crippen LogP contribution in [0.3, 0.4) is 0 Å². The number of carbonyl (C=O) groups excluding carboxylic acids is 2. The Balaban J connectivity index is 2.11. The van der Waals surface area contributed by atoms with Crippen LogP contribution in [0.4, 0.5) is 0 Å². The maximum atomic E-state index is 13.0. The van der Waals surface area contributed by atoms with Crippen LogP contribution in [0.2, 0.25) is 0 Å². The fourth-order valence-electron chi connectivity index (χ4n) is 3.82. The summed E-state index contributed by atoms with van der Waals surface area (Å²) in [6, 6.07) is 11.8. The van der Waals surface area contributed by atoms with Gasteiger partial charge in [-0.2, -0.15) is 0 Å². The molecule has 2 aromatic carbocycles. The second kappa shape index (κ2) is 9.25. The van der Waals surface area contributed by atoms with Crippen molar-refractivity contribution in [2.45, 2.75) is 46.3 Å². The van der Waals surface area contributed by atoms with Gasteiger partial charge >= 0.3 is 0 Å². The maximum absolute atomic E-state index is 13.0. The number of aliphatic hydroxyl groups excluding tert-OH is 1. The molecule has 1 atom stereocenters. The minimum Gasteiger partial charge on any atom is -0.507 e. The Morgan fingerprint density at radius 3 is 2.35 bits per heavy atom. The first-order valence-electron chi connectivity index (χ1n) is 10.5. The fourth-order valence-corrected chi connectivity index (χ4v) is 3.82. The number of rotatable bonds is 7. The Bertz CT molecular complexity index is 1010. The lowest BCUT2D eigenvalue weighted by atomic mass is 9.94. The van der Waals surface area contributed by atoms with Gasteiger partial charge in [-0.15, -0.1) is 0 Å². The first kappa shape index (κ1) is 22.4. The minimum absolute atomic E-state index is 0.0209. The summed E-state index contributed by atoms with van der Waals surface area (Å²) in [6.45, 7) is 8.12. The molecule has 0 aromatic heterocycles. The summed E-state index contributed by atoms with van der Waals surface area (Å²) in [7, 11) is 1.58. The summed E-state index contributed by atoms with van der Waals surface area (Å²) >= 11 is 0. The lowest BCUT2D eigenvalue weighted by Gasteiger charge is -2.25. The van der Waals surface area contributed by atoms with E-state index in [0.717, 1.165) is 11.1 Å². The molecule has 0 bridgehead atoms. The van der Waals surface area contributed by atoms with Gasteiger partial charge in [0.15, 0.2) is 0 Å². The number of ketones is 1. The quantitative estimate of drug-likeness (QED) is 0.399. The van der Waals surface area contributed by atoms with Crippen LogP contribution in [0.25, 0.3) is 5.76 Å². The van der Waals surface area contributed by atoms with Gasteiger partial charge in [0.1, 0.15) is 17.3 Å². The Labute approximate surface area is 183 Å². The van der Waals surface area contributed by atoms with E-state index in [2.05, 4.69) is 0 Å². The molecule has 1 N–H and O–H groups in total. The third-order valence-electron chi connectivity index (χ3n) is 5.25. The summed E-state index contributed by atoms with van der Waals surface area (Å²) in [5, 5.41) is 11.1. The van der Waals surface area contributed by atoms with Gasteiger partial charge in [0.05, 0.1) is 24.8 Å². The Morgan fingerprint density at radius 2 is 1.81 bits per heavy atom. The van der Waals surface area contributed by atoms with Crippen molar-refractivity contribution in [3.63, 3.8) is 0 Å². The van der Waals surface area contributed by atoms with Gasteiger partial charge < -0.3 is 19.5 Å². The van der Waals surface area contributed by atoms with Crippen molar-refractivity contribution >= 4 is 17.4 Å². The molecule has 1 fully saturated rings. The predicted molar refractivity (Wildman–Crippen MR) is 119 cm³/mol. The molecule has 6 heteroatoms. The number of aliphatic hydroxyl groups is 1. The largest absolute Gasteiger partial charge is 0.507 e. The molecular weight excluding hydrogens is 394 g/mol. The summed E-state index contributed by atoms with van der Waals surface area (Å²) in [6.07, 6.45) is 0.715. The normalized spacial score (nSPS) is 18.0. The van der Waals surface area contributed by atoms with Crippen molar-refractivity contribution in [1.29, 1.82) is 0 Å². The topological polar surface area (TPSA) is 76.1 Å². The third kappa shape index (κ3) is 4.43. The van der Waals surface area contributed by atoms with Crippen molar-refractivity contribution in [2.75, 3.05) is 13.7 Å². The standard InChI is InChI=1S/C25H29NO5/c1-6-13-26-22(17-7-10-19(30-5)11-8-17)21(24(28)25(26)29)23(27)18-9-12-20(16(4)14-18)31-15(2)3/h7-12,14-15,22,27H,6,13H2,1-5H3/b23-21-. The van der Waals surface area contributed by atoms with Gasteiger partial charge in [-0.05, 0) is 68.7 Å². The molecule has 0 spiro atoms. The molecule has 164 valence electrons. The number of amides is 1. The molecule has 1 aliphatic rings. The van der Waals surface area contributed by atoms with Crippen LogP contribution in [0.5, 0.6) is 11.5 Å². The summed E-state index contributed by atoms with van der Waals surface area (Å²) in [4.78, 5) is 27.3. The first-order chi connectivity index (χ1) is 14.8. The van der Waals surface area contributed by atoms with Crippen LogP contribution in [-0.4, -0.2) is 41.5 Å². The van der Waals surface area contributed by atoms with Crippen LogP contribution in [0, 0.1) is 6.92 Å². The van der Waals surface area contributed by atoms with Crippen LogP contribution in [0.15, 0.2) is 48.0 Å². The zero-order valence-electron chi connectivity index (χ0n) is 18.6. The molecular formula is C25H29NO5. The predicted octanol–water partition coefficient (Wildman–Crippen LogP) is 4.62. The lowest BCUT2D eigenvalue weighted by Crippen LogP contribution is -2.30. The highest BCUT2D eigenvalue weighted by Gasteiger charge is 2.45. The van der Waals surface area contributed by atoms with Crippen LogP contribution >= 0.6 is 0 Å². The van der Waals surface area contributed by atoms with E-state index < -0.39 is 17.7 Å². The number of carbonyl (C=O) groups is 2. The zero-order chi connectivity index (χ0) is 22.7. The average Bonchev–Trinajstić information content (AvgIpc) is 2.99. The van der Waals surface area contributed by atoms with E-state index in [9.17, 15) is 14.7 Å². The zero-order valence-corrected chi connectivity index (χ0v) is 18.6. The average molecular weight is 424 g/mol. The number of ether oxygens (including phenoxy) is 2. The second-order valence-electron chi connectivity index (χ2n) is 7.91. The van der Waals surface area contributed by atoms with Crippen molar-refractivity contribution < 1.29 is 24.2 Å². The third-order valence-corrected chi connectivity index (χ3v) is 5.25. The van der Waals surface area contributed by atoms with E-state index in [-0.39, 0.29) is 17.4 Å². The molecule has 0 saturated carbocycles. The number of Topliss-reactive ketones (excluding diaryl/α,β-unsaturated/α-hetero) is 1. The Kier molecular flexibility index (Phi) is 6.68. The molecule has 0 aliphatic carbocycles. The summed E-state index contributed by atoms with van der Waals surface area (Å²) < 4.78 is 11.0. The molecule has 1 amide bonds. The monoisotopic (exact) mass is 423 g/mol. The van der Waals surface area contributed by atoms with E-state index >= 15 is 0 Å². The molecule has 31 heavy (non-hydrogen) atoms. The number of benzene rings is 2. The van der Waals surface area contributed by atoms with Crippen LogP contribution in [-0.2, 0) is 9.59 Å². The Morgan fingerprint density at radius 1 is 1.13 bits per heavy atom. The number of hydrogen-bond donors (Lipinski definition) is 1. The number of aryl methyl sites for hydroxylation is 1. The maximum Gasteiger partial charge on any atom is 0.295 e. The molecule has 1 unspecified atom stereocenters. The summed E-state index contributed by atoms with van der Waals surface area (Å²) in [5.74, 6) is -0.0677. The number of likely N-dealkylation sites (tertiary alicyclic amines) is 1. The van der Waals surface area contributed by atoms with Gasteiger partial charge in [0.2, 0.25) is 0 Å². The molecule has 3 rings (SSSR count). The minimum atomic E-state index is -0.674. The van der Waals surface area contributed by atoms with Gasteiger partial charge in [0.25, 0.3) is 11.7 Å². The number of methoxy groups -OCH3 is 1. The van der Waals surface area contributed by atoms with Gasteiger partial charge in [-0.25, -0.2) is 0 Å². The van der Waals surface area contributed by atoms with E-state index in [1.165, 1.54) is 4.90 Å². The highest BCUT2D eigenvalue weighted by atomic mass is 16.5. The molecule has 1 heterocycles. The highest BCUT2D eigenvalue weighted by molar-refractivity contribution is 6.46. The van der Waals surface area contributed by atoms with Crippen molar-refractivity contribution in [1.82, 2.24) is 4.90 Å². The molecule has 1 saturated heterocycles. The first-order valence-corrected chi connectivity index (χ1v) is 10.5. The van der Waals surface area contributed by atoms with Gasteiger partial charge in [0, 0.05) is 12.1 Å². The van der Waals surface area contributed by atoms with E-state index in [0.29, 0.717) is 30.0 Å². The highest BCUT2D eigenvalue weighted by Crippen LogP contribution is 2.40. The van der Waals surface area contributed by atoms with Crippen LogP contribution < -0.4 is 9.47 Å². The van der Waals surface area contributed by atoms with Gasteiger partial charge in [-0.3, -0.25) is 9.59 Å². The SMILES string of the molecule is CCCN1C(=O)C(=O)/C(=C(\O)c2ccc(OC(C)C)c(C)c2)C1c1ccc(OC)cc1. The number of nitrogens with zero attached hydrogens (tertiary/aromatic N) is 1. The summed E-state index contributed by atoms with van der Waals surface area (Å²) in [5.41, 5.74) is 2.15. The smallest absolute Gasteiger partial charge is 0.295 e. The number of hydrogen-bond acceptors (Lipinski definition) is 5. The molecule has 6 nitrogen and oxygen atoms in total. The van der Waals surface area contributed by atoms with E-state index in [1.54, 1.807) is 37.4 Å². The van der Waals surface area contributed by atoms with Gasteiger partial charge in [-0.1, -0.05) is 19.1 Å². The fraction of sp³-hybridized carbons (Fsp3) is 0.360.